The molecule has 1 rings (SSSR count). The van der Waals surface area contributed by atoms with E-state index in [0.29, 0.717) is 5.56 Å². The number of carbonyl (C=O) groups excluding carboxylic acids is 1. The van der Waals surface area contributed by atoms with Crippen molar-refractivity contribution >= 4 is 22.1 Å². The van der Waals surface area contributed by atoms with Crippen LogP contribution in [0.25, 0.3) is 0 Å². The molecule has 1 atom stereocenters. The predicted molar refractivity (Wildman–Crippen MR) is 80.0 cm³/mol. The maximum Gasteiger partial charge on any atom is 0.416 e. The number of imide groups is 1. The topological polar surface area (TPSA) is 147 Å². The first-order valence-electron chi connectivity index (χ1n) is 6.60. The number of carbonyl (C=O) groups is 2. The van der Waals surface area contributed by atoms with Gasteiger partial charge in [-0.05, 0) is 5.56 Å². The predicted octanol–water partition coefficient (Wildman–Crippen LogP) is 0.273. The molecule has 1 aromatic carbocycles. The van der Waals surface area contributed by atoms with Crippen LogP contribution in [-0.4, -0.2) is 53.5 Å². The van der Waals surface area contributed by atoms with Crippen molar-refractivity contribution in [2.24, 2.45) is 5.73 Å². The molecule has 0 aliphatic heterocycles. The van der Waals surface area contributed by atoms with Gasteiger partial charge < -0.3 is 15.6 Å². The highest BCUT2D eigenvalue weighted by molar-refractivity contribution is 7.85. The van der Waals surface area contributed by atoms with E-state index in [1.807, 2.05) is 0 Å². The van der Waals surface area contributed by atoms with Crippen molar-refractivity contribution in [2.75, 3.05) is 12.3 Å². The Hall–Kier alpha value is -2.01. The summed E-state index contributed by atoms with van der Waals surface area (Å²) in [5, 5.41) is 9.14. The van der Waals surface area contributed by atoms with Crippen LogP contribution in [0, 0.1) is 0 Å². The maximum absolute atomic E-state index is 11.8. The van der Waals surface area contributed by atoms with Gasteiger partial charge in [0, 0.05) is 13.0 Å². The van der Waals surface area contributed by atoms with Crippen LogP contribution in [0.2, 0.25) is 0 Å². The Bertz CT molecular complexity index is 633. The molecule has 0 aliphatic carbocycles. The van der Waals surface area contributed by atoms with Crippen molar-refractivity contribution in [3.63, 3.8) is 0 Å². The van der Waals surface area contributed by atoms with Crippen molar-refractivity contribution in [3.05, 3.63) is 35.9 Å². The molecular formula is C13H18N2O7S. The Morgan fingerprint density at radius 2 is 1.87 bits per heavy atom. The van der Waals surface area contributed by atoms with Gasteiger partial charge in [0.15, 0.2) is 6.23 Å². The summed E-state index contributed by atoms with van der Waals surface area (Å²) in [6.07, 6.45) is -3.67. The largest absolute Gasteiger partial charge is 0.465 e. The van der Waals surface area contributed by atoms with Crippen LogP contribution in [0.15, 0.2) is 30.3 Å². The molecule has 0 heterocycles. The fraction of sp³-hybridized carbons (Fsp3) is 0.385. The average Bonchev–Trinajstić information content (AvgIpc) is 2.44. The van der Waals surface area contributed by atoms with Gasteiger partial charge in [-0.15, -0.1) is 0 Å². The minimum absolute atomic E-state index is 0.111. The third-order valence-electron chi connectivity index (χ3n) is 2.76. The quantitative estimate of drug-likeness (QED) is 0.449. The number of amides is 2. The lowest BCUT2D eigenvalue weighted by atomic mass is 10.2. The van der Waals surface area contributed by atoms with Crippen LogP contribution in [0.5, 0.6) is 0 Å². The van der Waals surface area contributed by atoms with Crippen molar-refractivity contribution < 1.29 is 32.4 Å². The van der Waals surface area contributed by atoms with E-state index in [-0.39, 0.29) is 24.5 Å². The number of carboxylic acid groups (broad SMARTS) is 1. The number of benzene rings is 1. The summed E-state index contributed by atoms with van der Waals surface area (Å²) in [6.45, 7) is -0.249. The zero-order valence-electron chi connectivity index (χ0n) is 12.2. The summed E-state index contributed by atoms with van der Waals surface area (Å²) in [5.74, 6) is -1.98. The first kappa shape index (κ1) is 19.0. The van der Waals surface area contributed by atoms with Crippen LogP contribution in [-0.2, 0) is 26.3 Å². The van der Waals surface area contributed by atoms with E-state index in [9.17, 15) is 18.0 Å². The maximum atomic E-state index is 11.8. The Morgan fingerprint density at radius 3 is 2.35 bits per heavy atom. The number of hydrogen-bond acceptors (Lipinski definition) is 6. The van der Waals surface area contributed by atoms with Crippen LogP contribution >= 0.6 is 0 Å². The molecule has 0 bridgehead atoms. The molecule has 128 valence electrons. The molecule has 1 aromatic rings. The van der Waals surface area contributed by atoms with E-state index in [0.717, 1.165) is 0 Å². The van der Waals surface area contributed by atoms with Gasteiger partial charge in [-0.25, -0.2) is 9.69 Å². The molecule has 0 saturated carbocycles. The molecule has 4 N–H and O–H groups in total. The molecule has 0 aromatic heterocycles. The molecule has 9 nitrogen and oxygen atoms in total. The fourth-order valence-electron chi connectivity index (χ4n) is 1.78. The Kier molecular flexibility index (Phi) is 7.10. The lowest BCUT2D eigenvalue weighted by Crippen LogP contribution is -2.49. The summed E-state index contributed by atoms with van der Waals surface area (Å²) in [6, 6.07) is 8.54. The Balaban J connectivity index is 2.96. The third kappa shape index (κ3) is 6.74. The van der Waals surface area contributed by atoms with Crippen molar-refractivity contribution in [1.29, 1.82) is 0 Å². The number of ether oxygens (including phenoxy) is 1. The Labute approximate surface area is 133 Å². The second kappa shape index (κ2) is 8.58. The minimum atomic E-state index is -4.57. The lowest BCUT2D eigenvalue weighted by molar-refractivity contribution is -0.140. The number of nitrogens with two attached hydrogens (primary N) is 1. The highest BCUT2D eigenvalue weighted by Gasteiger charge is 2.33. The molecule has 0 fully saturated rings. The third-order valence-corrected chi connectivity index (χ3v) is 3.47. The fourth-order valence-corrected chi connectivity index (χ4v) is 2.38. The first-order chi connectivity index (χ1) is 10.7. The zero-order valence-corrected chi connectivity index (χ0v) is 13.0. The molecule has 23 heavy (non-hydrogen) atoms. The molecule has 2 amide bonds. The van der Waals surface area contributed by atoms with Gasteiger partial charge in [0.2, 0.25) is 5.91 Å². The van der Waals surface area contributed by atoms with Crippen LogP contribution in [0.3, 0.4) is 0 Å². The highest BCUT2D eigenvalue weighted by atomic mass is 32.2. The summed E-state index contributed by atoms with van der Waals surface area (Å²) in [5.41, 5.74) is 5.85. The number of nitrogens with zero attached hydrogens (tertiary/aromatic N) is 1. The average molecular weight is 346 g/mol. The number of rotatable bonds is 8. The van der Waals surface area contributed by atoms with E-state index in [1.165, 1.54) is 0 Å². The van der Waals surface area contributed by atoms with E-state index in [2.05, 4.69) is 0 Å². The van der Waals surface area contributed by atoms with Crippen molar-refractivity contribution in [2.45, 2.75) is 19.3 Å². The van der Waals surface area contributed by atoms with E-state index < -0.39 is 34.1 Å². The van der Waals surface area contributed by atoms with Crippen molar-refractivity contribution in [3.8, 4) is 0 Å². The Morgan fingerprint density at radius 1 is 1.26 bits per heavy atom. The van der Waals surface area contributed by atoms with Gasteiger partial charge in [-0.2, -0.15) is 8.42 Å². The number of hydrogen-bond donors (Lipinski definition) is 3. The summed E-state index contributed by atoms with van der Waals surface area (Å²) >= 11 is 0. The molecule has 0 aliphatic rings. The normalized spacial score (nSPS) is 12.6. The monoisotopic (exact) mass is 346 g/mol. The second-order valence-corrected chi connectivity index (χ2v) is 6.08. The van der Waals surface area contributed by atoms with Gasteiger partial charge in [-0.1, -0.05) is 30.3 Å². The van der Waals surface area contributed by atoms with Gasteiger partial charge in [0.05, 0.1) is 6.61 Å². The molecule has 0 spiro atoms. The molecule has 0 radical (unpaired) electrons. The second-order valence-electron chi connectivity index (χ2n) is 4.58. The summed E-state index contributed by atoms with van der Waals surface area (Å²) < 4.78 is 36.4. The highest BCUT2D eigenvalue weighted by Crippen LogP contribution is 2.11. The van der Waals surface area contributed by atoms with Gasteiger partial charge in [0.25, 0.3) is 10.1 Å². The molecule has 1 unspecified atom stereocenters. The van der Waals surface area contributed by atoms with Crippen LogP contribution in [0.4, 0.5) is 4.79 Å². The zero-order chi connectivity index (χ0) is 17.5. The standard InChI is InChI=1S/C13H18N2O7S/c14-7-6-11(16)15(13(17)18)12(9-23(19,20)21)22-8-10-4-2-1-3-5-10/h1-5,12H,6-9,14H2,(H,17,18)(H,19,20,21). The SMILES string of the molecule is NCCC(=O)N(C(=O)O)C(CS(=O)(=O)O)OCc1ccccc1. The van der Waals surface area contributed by atoms with E-state index in [4.69, 9.17) is 20.1 Å². The van der Waals surface area contributed by atoms with E-state index >= 15 is 0 Å². The summed E-state index contributed by atoms with van der Waals surface area (Å²) in [4.78, 5) is 23.3. The smallest absolute Gasteiger partial charge is 0.416 e. The first-order valence-corrected chi connectivity index (χ1v) is 8.21. The van der Waals surface area contributed by atoms with Gasteiger partial charge >= 0.3 is 6.09 Å². The van der Waals surface area contributed by atoms with E-state index in [1.54, 1.807) is 30.3 Å². The molecule has 0 saturated heterocycles. The lowest BCUT2D eigenvalue weighted by Gasteiger charge is -2.26. The van der Waals surface area contributed by atoms with Crippen LogP contribution in [0.1, 0.15) is 12.0 Å². The molecular weight excluding hydrogens is 328 g/mol. The molecule has 10 heteroatoms. The van der Waals surface area contributed by atoms with Gasteiger partial charge in [-0.3, -0.25) is 9.35 Å². The summed E-state index contributed by atoms with van der Waals surface area (Å²) in [7, 11) is -4.57. The van der Waals surface area contributed by atoms with Crippen LogP contribution < -0.4 is 5.73 Å². The van der Waals surface area contributed by atoms with Gasteiger partial charge in [0.1, 0.15) is 5.75 Å². The minimum Gasteiger partial charge on any atom is -0.465 e. The van der Waals surface area contributed by atoms with Crippen molar-refractivity contribution in [1.82, 2.24) is 4.90 Å².